The number of benzene rings is 1. The van der Waals surface area contributed by atoms with Crippen LogP contribution in [-0.2, 0) is 11.3 Å². The molecule has 8 heteroatoms. The van der Waals surface area contributed by atoms with Gasteiger partial charge in [-0.25, -0.2) is 4.79 Å². The van der Waals surface area contributed by atoms with Crippen molar-refractivity contribution in [2.45, 2.75) is 32.4 Å². The Labute approximate surface area is 174 Å². The molecule has 1 fully saturated rings. The highest BCUT2D eigenvalue weighted by Crippen LogP contribution is 2.34. The first-order valence-electron chi connectivity index (χ1n) is 9.58. The molecule has 1 aromatic heterocycles. The Balaban J connectivity index is 1.97. The van der Waals surface area contributed by atoms with E-state index in [-0.39, 0.29) is 12.6 Å². The second kappa shape index (κ2) is 9.16. The van der Waals surface area contributed by atoms with E-state index in [0.29, 0.717) is 27.5 Å². The minimum Gasteiger partial charge on any atom is -0.497 e. The number of ether oxygens (including phenoxy) is 3. The second-order valence-corrected chi connectivity index (χ2v) is 7.92. The van der Waals surface area contributed by atoms with Gasteiger partial charge in [0.15, 0.2) is 0 Å². The number of nitrogen functional groups attached to an aromatic ring is 1. The maximum absolute atomic E-state index is 12.4. The molecule has 2 atom stereocenters. The van der Waals surface area contributed by atoms with Crippen LogP contribution >= 0.6 is 11.3 Å². The van der Waals surface area contributed by atoms with E-state index in [0.717, 1.165) is 47.8 Å². The molecule has 7 nitrogen and oxygen atoms in total. The summed E-state index contributed by atoms with van der Waals surface area (Å²) in [5.41, 5.74) is 8.16. The molecular formula is C21H26N3O4S+. The first-order valence-corrected chi connectivity index (χ1v) is 10.4. The number of rotatable bonds is 7. The van der Waals surface area contributed by atoms with E-state index in [1.54, 1.807) is 21.1 Å². The number of quaternary nitrogens is 1. The van der Waals surface area contributed by atoms with Gasteiger partial charge in [-0.15, -0.1) is 11.3 Å². The van der Waals surface area contributed by atoms with Crippen molar-refractivity contribution in [2.75, 3.05) is 33.1 Å². The summed E-state index contributed by atoms with van der Waals surface area (Å²) in [4.78, 5) is 14.1. The smallest absolute Gasteiger partial charge is 0.348 e. The average molecular weight is 417 g/mol. The third kappa shape index (κ3) is 4.16. The number of hydrogen-bond acceptors (Lipinski definition) is 7. The van der Waals surface area contributed by atoms with Crippen LogP contribution in [0.4, 0.5) is 5.00 Å². The van der Waals surface area contributed by atoms with Gasteiger partial charge in [0.1, 0.15) is 40.0 Å². The number of hydrogen-bond donors (Lipinski definition) is 2. The number of anilines is 1. The fraction of sp³-hybridized carbons (Fsp3) is 0.429. The van der Waals surface area contributed by atoms with Crippen molar-refractivity contribution in [3.63, 3.8) is 0 Å². The Bertz CT molecular complexity index is 935. The van der Waals surface area contributed by atoms with E-state index in [4.69, 9.17) is 19.9 Å². The molecule has 1 aliphatic rings. The number of nitrogens with one attached hydrogen (secondary N) is 1. The van der Waals surface area contributed by atoms with Crippen LogP contribution in [0, 0.1) is 11.3 Å². The van der Waals surface area contributed by atoms with Crippen LogP contribution in [0.3, 0.4) is 0 Å². The lowest BCUT2D eigenvalue weighted by atomic mass is 10.0. The maximum atomic E-state index is 12.4. The lowest BCUT2D eigenvalue weighted by Crippen LogP contribution is -3.09. The molecule has 1 saturated heterocycles. The number of methoxy groups -OCH3 is 2. The summed E-state index contributed by atoms with van der Waals surface area (Å²) in [6.45, 7) is 3.48. The summed E-state index contributed by atoms with van der Waals surface area (Å²) in [6, 6.07) is 8.14. The maximum Gasteiger partial charge on any atom is 0.348 e. The van der Waals surface area contributed by atoms with Crippen LogP contribution in [0.25, 0.3) is 0 Å². The summed E-state index contributed by atoms with van der Waals surface area (Å²) in [7, 11) is 3.30. The zero-order valence-electron chi connectivity index (χ0n) is 16.9. The van der Waals surface area contributed by atoms with E-state index in [2.05, 4.69) is 6.07 Å². The second-order valence-electron chi connectivity index (χ2n) is 6.87. The van der Waals surface area contributed by atoms with Gasteiger partial charge >= 0.3 is 5.97 Å². The molecule has 0 aliphatic carbocycles. The van der Waals surface area contributed by atoms with Gasteiger partial charge < -0.3 is 24.8 Å². The lowest BCUT2D eigenvalue weighted by molar-refractivity contribution is -0.932. The predicted octanol–water partition coefficient (Wildman–Crippen LogP) is 2.32. The first-order chi connectivity index (χ1) is 14.0. The van der Waals surface area contributed by atoms with E-state index >= 15 is 0 Å². The normalized spacial score (nSPS) is 18.3. The highest BCUT2D eigenvalue weighted by atomic mass is 32.1. The van der Waals surface area contributed by atoms with E-state index in [1.807, 2.05) is 18.2 Å². The van der Waals surface area contributed by atoms with Crippen molar-refractivity contribution in [3.05, 3.63) is 39.8 Å². The predicted molar refractivity (Wildman–Crippen MR) is 110 cm³/mol. The monoisotopic (exact) mass is 416 g/mol. The third-order valence-electron chi connectivity index (χ3n) is 5.31. The quantitative estimate of drug-likeness (QED) is 0.672. The SMILES string of the molecule is CCOC(=O)c1sc(N)c(C#N)c1C[NH+]1CCC[C@@H]1c1cc(OC)ccc1OC. The molecule has 0 amide bonds. The highest BCUT2D eigenvalue weighted by molar-refractivity contribution is 7.18. The molecule has 3 N–H and O–H groups in total. The Kier molecular flexibility index (Phi) is 6.62. The first kappa shape index (κ1) is 21.0. The van der Waals surface area contributed by atoms with Gasteiger partial charge in [-0.2, -0.15) is 5.26 Å². The number of nitriles is 1. The number of likely N-dealkylation sites (tertiary alicyclic amines) is 1. The lowest BCUT2D eigenvalue weighted by Gasteiger charge is -2.24. The molecule has 29 heavy (non-hydrogen) atoms. The van der Waals surface area contributed by atoms with E-state index < -0.39 is 5.97 Å². The van der Waals surface area contributed by atoms with Crippen molar-refractivity contribution >= 4 is 22.3 Å². The highest BCUT2D eigenvalue weighted by Gasteiger charge is 2.35. The van der Waals surface area contributed by atoms with Crippen LogP contribution in [0.5, 0.6) is 11.5 Å². The molecule has 154 valence electrons. The molecule has 0 saturated carbocycles. The summed E-state index contributed by atoms with van der Waals surface area (Å²) in [5, 5.41) is 9.97. The van der Waals surface area contributed by atoms with Crippen molar-refractivity contribution in [2.24, 2.45) is 0 Å². The summed E-state index contributed by atoms with van der Waals surface area (Å²) >= 11 is 1.13. The van der Waals surface area contributed by atoms with E-state index in [1.165, 1.54) is 4.90 Å². The third-order valence-corrected chi connectivity index (χ3v) is 6.35. The van der Waals surface area contributed by atoms with Gasteiger partial charge in [-0.1, -0.05) is 0 Å². The Morgan fingerprint density at radius 2 is 2.17 bits per heavy atom. The number of esters is 1. The topological polar surface area (TPSA) is 99.0 Å². The van der Waals surface area contributed by atoms with Gasteiger partial charge in [0.2, 0.25) is 0 Å². The molecule has 0 radical (unpaired) electrons. The Morgan fingerprint density at radius 1 is 1.38 bits per heavy atom. The summed E-state index contributed by atoms with van der Waals surface area (Å²) < 4.78 is 16.2. The van der Waals surface area contributed by atoms with Crippen LogP contribution in [0.15, 0.2) is 18.2 Å². The number of thiophene rings is 1. The number of nitrogens with two attached hydrogens (primary N) is 1. The van der Waals surface area contributed by atoms with Gasteiger partial charge in [-0.3, -0.25) is 0 Å². The fourth-order valence-electron chi connectivity index (χ4n) is 3.97. The minimum atomic E-state index is -0.421. The van der Waals surface area contributed by atoms with Gasteiger partial charge in [-0.05, 0) is 25.1 Å². The fourth-order valence-corrected chi connectivity index (χ4v) is 4.91. The van der Waals surface area contributed by atoms with Crippen LogP contribution < -0.4 is 20.1 Å². The molecule has 1 aliphatic heterocycles. The molecule has 2 heterocycles. The number of carbonyl (C=O) groups excluding carboxylic acids is 1. The van der Waals surface area contributed by atoms with Crippen LogP contribution in [0.1, 0.15) is 52.2 Å². The van der Waals surface area contributed by atoms with Crippen LogP contribution in [0.2, 0.25) is 0 Å². The molecule has 3 rings (SSSR count). The Hall–Kier alpha value is -2.76. The molecular weight excluding hydrogens is 390 g/mol. The molecule has 1 aromatic carbocycles. The van der Waals surface area contributed by atoms with Gasteiger partial charge in [0.25, 0.3) is 0 Å². The van der Waals surface area contributed by atoms with Crippen LogP contribution in [-0.4, -0.2) is 33.3 Å². The van der Waals surface area contributed by atoms with Gasteiger partial charge in [0.05, 0.1) is 44.1 Å². The standard InChI is InChI=1S/C21H25N3O4S/c1-4-28-21(25)19-16(15(11-22)20(23)29-19)12-24-9-5-6-17(24)14-10-13(26-2)7-8-18(14)27-3/h7-8,10,17H,4-6,9,12,23H2,1-3H3/p+1/t17-/m1/s1. The van der Waals surface area contributed by atoms with E-state index in [9.17, 15) is 10.1 Å². The minimum absolute atomic E-state index is 0.169. The van der Waals surface area contributed by atoms with Crippen molar-refractivity contribution in [1.82, 2.24) is 0 Å². The zero-order chi connectivity index (χ0) is 21.0. The number of carbonyl (C=O) groups is 1. The number of nitrogens with zero attached hydrogens (tertiary/aromatic N) is 1. The Morgan fingerprint density at radius 3 is 2.83 bits per heavy atom. The average Bonchev–Trinajstić information content (AvgIpc) is 3.31. The van der Waals surface area contributed by atoms with Crippen molar-refractivity contribution in [3.8, 4) is 17.6 Å². The molecule has 0 bridgehead atoms. The zero-order valence-corrected chi connectivity index (χ0v) is 17.7. The molecule has 1 unspecified atom stereocenters. The summed E-state index contributed by atoms with van der Waals surface area (Å²) in [5.74, 6) is 1.16. The largest absolute Gasteiger partial charge is 0.497 e. The molecule has 0 spiro atoms. The molecule has 2 aromatic rings. The van der Waals surface area contributed by atoms with Crippen molar-refractivity contribution < 1.29 is 23.9 Å². The van der Waals surface area contributed by atoms with Gasteiger partial charge in [0, 0.05) is 12.8 Å². The van der Waals surface area contributed by atoms with Crippen molar-refractivity contribution in [1.29, 1.82) is 5.26 Å². The summed E-state index contributed by atoms with van der Waals surface area (Å²) in [6.07, 6.45) is 2.02.